The second-order valence-corrected chi connectivity index (χ2v) is 15.4. The van der Waals surface area contributed by atoms with Crippen LogP contribution in [-0.4, -0.2) is 27.0 Å². The zero-order valence-corrected chi connectivity index (χ0v) is 27.2. The van der Waals surface area contributed by atoms with E-state index in [9.17, 15) is 24.5 Å². The molecule has 2 bridgehead atoms. The number of anilines is 1. The van der Waals surface area contributed by atoms with E-state index < -0.39 is 16.8 Å². The second kappa shape index (κ2) is 10.8. The van der Waals surface area contributed by atoms with Crippen molar-refractivity contribution in [3.05, 3.63) is 112 Å². The fourth-order valence-electron chi connectivity index (χ4n) is 7.98. The number of rotatable bonds is 6. The second-order valence-electron chi connectivity index (χ2n) is 11.8. The van der Waals surface area contributed by atoms with Gasteiger partial charge in [0.1, 0.15) is 12.4 Å². The summed E-state index contributed by atoms with van der Waals surface area (Å²) in [5.41, 5.74) is 2.14. The summed E-state index contributed by atoms with van der Waals surface area (Å²) in [4.78, 5) is 56.4. The first-order valence-electron chi connectivity index (χ1n) is 14.4. The molecule has 228 valence electrons. The van der Waals surface area contributed by atoms with Gasteiger partial charge < -0.3 is 9.72 Å². The number of thiazole rings is 1. The Morgan fingerprint density at radius 2 is 1.71 bits per heavy atom. The zero-order chi connectivity index (χ0) is 31.1. The molecule has 2 amide bonds. The number of nitro benzene ring substituents is 1. The Kier molecular flexibility index (Phi) is 6.97. The number of nitrogens with one attached hydrogen (secondary N) is 1. The summed E-state index contributed by atoms with van der Waals surface area (Å²) in [6.45, 7) is 0.325. The molecule has 8 rings (SSSR count). The molecule has 1 aromatic heterocycles. The maximum atomic E-state index is 14.0. The molecule has 4 aliphatic rings. The normalized spacial score (nSPS) is 27.8. The van der Waals surface area contributed by atoms with Crippen LogP contribution in [0, 0.1) is 39.7 Å². The van der Waals surface area contributed by atoms with Gasteiger partial charge in [0.2, 0.25) is 11.8 Å². The highest BCUT2D eigenvalue weighted by Gasteiger charge is 2.69. The molecular formula is C32H23BrClN3O6S2. The van der Waals surface area contributed by atoms with Gasteiger partial charge >= 0.3 is 4.87 Å². The van der Waals surface area contributed by atoms with Gasteiger partial charge in [0, 0.05) is 43.2 Å². The molecule has 7 atom stereocenters. The first kappa shape index (κ1) is 29.0. The predicted molar refractivity (Wildman–Crippen MR) is 174 cm³/mol. The summed E-state index contributed by atoms with van der Waals surface area (Å²) >= 11 is 12.5. The molecule has 0 spiro atoms. The molecule has 3 aromatic carbocycles. The van der Waals surface area contributed by atoms with E-state index in [2.05, 4.69) is 20.9 Å². The average Bonchev–Trinajstić information content (AvgIpc) is 3.76. The van der Waals surface area contributed by atoms with E-state index in [0.29, 0.717) is 23.1 Å². The summed E-state index contributed by atoms with van der Waals surface area (Å²) in [6.07, 6.45) is 0.744. The molecule has 4 aromatic rings. The summed E-state index contributed by atoms with van der Waals surface area (Å²) in [5, 5.41) is 12.7. The monoisotopic (exact) mass is 723 g/mol. The number of carbonyl (C=O) groups excluding carboxylic acids is 2. The van der Waals surface area contributed by atoms with E-state index in [1.807, 2.05) is 42.5 Å². The van der Waals surface area contributed by atoms with E-state index in [1.165, 1.54) is 40.5 Å². The molecule has 2 aliphatic heterocycles. The molecule has 13 heteroatoms. The highest BCUT2D eigenvalue weighted by Crippen LogP contribution is 2.69. The van der Waals surface area contributed by atoms with Gasteiger partial charge in [0.15, 0.2) is 0 Å². The standard InChI is InChI=1S/C32H23BrClN3O6S2/c33-15-3-10-22(43-13-14-1-4-16(34)5-2-14)19(11-15)23-24-20-12-21(27(24)44-29-28(23)45-32(40)35-29)26-25(20)30(38)36(31(26)39)17-6-8-18(9-7-17)37(41)42/h1-11,20-21,23-27H,12-13H2,(H,35,40)/t20-,21-,23?,24?,25?,26?,27?/m1/s1. The van der Waals surface area contributed by atoms with Crippen molar-refractivity contribution in [3.8, 4) is 5.75 Å². The molecule has 9 nitrogen and oxygen atoms in total. The summed E-state index contributed by atoms with van der Waals surface area (Å²) in [6, 6.07) is 18.9. The van der Waals surface area contributed by atoms with Crippen molar-refractivity contribution >= 4 is 73.8 Å². The first-order chi connectivity index (χ1) is 21.7. The Morgan fingerprint density at radius 1 is 1.00 bits per heavy atom. The number of fused-ring (bicyclic) bond motifs is 9. The molecule has 3 heterocycles. The lowest BCUT2D eigenvalue weighted by molar-refractivity contribution is -0.384. The van der Waals surface area contributed by atoms with E-state index in [1.54, 1.807) is 11.8 Å². The molecule has 1 N–H and O–H groups in total. The maximum Gasteiger partial charge on any atom is 0.305 e. The molecule has 2 aliphatic carbocycles. The minimum absolute atomic E-state index is 0.00987. The lowest BCUT2D eigenvalue weighted by atomic mass is 9.68. The Balaban J connectivity index is 1.18. The Hall–Kier alpha value is -3.45. The molecule has 3 fully saturated rings. The number of carbonyl (C=O) groups is 2. The summed E-state index contributed by atoms with van der Waals surface area (Å²) < 4.78 is 7.28. The largest absolute Gasteiger partial charge is 0.489 e. The highest BCUT2D eigenvalue weighted by molar-refractivity contribution is 9.10. The quantitative estimate of drug-likeness (QED) is 0.129. The number of hydrogen-bond donors (Lipinski definition) is 1. The molecule has 45 heavy (non-hydrogen) atoms. The number of imide groups is 1. The van der Waals surface area contributed by atoms with Crippen molar-refractivity contribution in [1.29, 1.82) is 0 Å². The van der Waals surface area contributed by atoms with Crippen LogP contribution in [0.1, 0.15) is 28.3 Å². The predicted octanol–water partition coefficient (Wildman–Crippen LogP) is 7.02. The van der Waals surface area contributed by atoms with Crippen LogP contribution >= 0.6 is 50.6 Å². The fraction of sp³-hybridized carbons (Fsp3) is 0.281. The number of H-pyrrole nitrogens is 1. The van der Waals surface area contributed by atoms with E-state index >= 15 is 0 Å². The highest BCUT2D eigenvalue weighted by atomic mass is 79.9. The molecular weight excluding hydrogens is 702 g/mol. The van der Waals surface area contributed by atoms with Crippen LogP contribution in [-0.2, 0) is 16.2 Å². The van der Waals surface area contributed by atoms with E-state index in [-0.39, 0.29) is 51.3 Å². The third-order valence-corrected chi connectivity index (χ3v) is 13.0. The molecule has 5 unspecified atom stereocenters. The number of nitrogens with zero attached hydrogens (tertiary/aromatic N) is 2. The van der Waals surface area contributed by atoms with Crippen molar-refractivity contribution in [1.82, 2.24) is 4.98 Å². The lowest BCUT2D eigenvalue weighted by Gasteiger charge is -2.43. The van der Waals surface area contributed by atoms with Crippen molar-refractivity contribution < 1.29 is 19.2 Å². The van der Waals surface area contributed by atoms with E-state index in [4.69, 9.17) is 16.3 Å². The number of ether oxygens (including phenoxy) is 1. The van der Waals surface area contributed by atoms with Crippen LogP contribution in [0.2, 0.25) is 5.02 Å². The summed E-state index contributed by atoms with van der Waals surface area (Å²) in [5.74, 6) is -1.16. The number of benzene rings is 3. The molecule has 1 saturated heterocycles. The number of nitro groups is 1. The van der Waals surface area contributed by atoms with Gasteiger partial charge in [-0.25, -0.2) is 0 Å². The Morgan fingerprint density at radius 3 is 2.42 bits per heavy atom. The third-order valence-electron chi connectivity index (χ3n) is 9.66. The average molecular weight is 725 g/mol. The van der Waals surface area contributed by atoms with Crippen LogP contribution in [0.5, 0.6) is 5.75 Å². The number of hydrogen-bond acceptors (Lipinski definition) is 8. The van der Waals surface area contributed by atoms with Gasteiger partial charge in [0.05, 0.1) is 27.5 Å². The Labute approximate surface area is 278 Å². The van der Waals surface area contributed by atoms with Crippen LogP contribution in [0.15, 0.2) is 81.0 Å². The van der Waals surface area contributed by atoms with Crippen molar-refractivity contribution in [3.63, 3.8) is 0 Å². The number of halogens is 2. The van der Waals surface area contributed by atoms with Gasteiger partial charge in [-0.15, -0.1) is 11.8 Å². The van der Waals surface area contributed by atoms with Gasteiger partial charge in [-0.2, -0.15) is 0 Å². The molecule has 2 saturated carbocycles. The zero-order valence-electron chi connectivity index (χ0n) is 23.2. The van der Waals surface area contributed by atoms with Crippen LogP contribution in [0.4, 0.5) is 11.4 Å². The minimum atomic E-state index is -0.507. The molecule has 0 radical (unpaired) electrons. The number of aromatic nitrogens is 1. The van der Waals surface area contributed by atoms with Crippen molar-refractivity contribution in [2.45, 2.75) is 29.2 Å². The Bertz CT molecular complexity index is 1950. The topological polar surface area (TPSA) is 123 Å². The van der Waals surface area contributed by atoms with Crippen LogP contribution in [0.3, 0.4) is 0 Å². The van der Waals surface area contributed by atoms with Crippen LogP contribution in [0.25, 0.3) is 0 Å². The van der Waals surface area contributed by atoms with Crippen molar-refractivity contribution in [2.75, 3.05) is 4.90 Å². The number of aromatic amines is 1. The van der Waals surface area contributed by atoms with E-state index in [0.717, 1.165) is 31.9 Å². The number of thioether (sulfide) groups is 1. The number of non-ortho nitro benzene ring substituents is 1. The fourth-order valence-corrected chi connectivity index (χ4v) is 11.4. The smallest absolute Gasteiger partial charge is 0.305 e. The van der Waals surface area contributed by atoms with Gasteiger partial charge in [-0.05, 0) is 72.2 Å². The van der Waals surface area contributed by atoms with Crippen molar-refractivity contribution in [2.24, 2.45) is 29.6 Å². The summed E-state index contributed by atoms with van der Waals surface area (Å²) in [7, 11) is 0. The third kappa shape index (κ3) is 4.59. The SMILES string of the molecule is O=C1C2C(C(=O)N1c1ccc([N+](=O)[O-])cc1)[C@@H]1C[C@H]2C2Sc3[nH]c(=O)sc3C(c3cc(Br)ccc3OCc3ccc(Cl)cc3)C21. The maximum absolute atomic E-state index is 14.0. The van der Waals surface area contributed by atoms with Gasteiger partial charge in [0.25, 0.3) is 5.69 Å². The minimum Gasteiger partial charge on any atom is -0.489 e. The lowest BCUT2D eigenvalue weighted by Crippen LogP contribution is -2.42. The van der Waals surface area contributed by atoms with Crippen LogP contribution < -0.4 is 14.5 Å². The van der Waals surface area contributed by atoms with Gasteiger partial charge in [-0.1, -0.05) is 51.0 Å². The number of amides is 2. The first-order valence-corrected chi connectivity index (χ1v) is 17.2. The van der Waals surface area contributed by atoms with Gasteiger partial charge in [-0.3, -0.25) is 29.4 Å².